The van der Waals surface area contributed by atoms with Gasteiger partial charge >= 0.3 is 0 Å². The molecule has 3 heteroatoms. The first-order valence-electron chi connectivity index (χ1n) is 5.29. The van der Waals surface area contributed by atoms with Gasteiger partial charge in [0.25, 0.3) is 0 Å². The molecule has 1 heterocycles. The van der Waals surface area contributed by atoms with Crippen LogP contribution in [-0.2, 0) is 6.54 Å². The molecule has 1 aliphatic carbocycles. The minimum Gasteiger partial charge on any atom is -0.453 e. The second-order valence-corrected chi connectivity index (χ2v) is 4.77. The lowest BCUT2D eigenvalue weighted by Gasteiger charge is -2.08. The van der Waals surface area contributed by atoms with Gasteiger partial charge in [-0.1, -0.05) is 12.8 Å². The highest BCUT2D eigenvalue weighted by molar-refractivity contribution is 9.10. The molecule has 0 bridgehead atoms. The van der Waals surface area contributed by atoms with E-state index in [0.717, 1.165) is 29.4 Å². The molecular weight excluding hydrogens is 242 g/mol. The van der Waals surface area contributed by atoms with Gasteiger partial charge in [-0.2, -0.15) is 0 Å². The fourth-order valence-corrected chi connectivity index (χ4v) is 2.40. The quantitative estimate of drug-likeness (QED) is 0.896. The van der Waals surface area contributed by atoms with E-state index in [-0.39, 0.29) is 0 Å². The highest BCUT2D eigenvalue weighted by atomic mass is 79.9. The molecule has 0 atom stereocenters. The van der Waals surface area contributed by atoms with Crippen LogP contribution in [0.4, 0.5) is 0 Å². The van der Waals surface area contributed by atoms with Crippen molar-refractivity contribution in [1.82, 2.24) is 5.32 Å². The summed E-state index contributed by atoms with van der Waals surface area (Å²) >= 11 is 3.30. The van der Waals surface area contributed by atoms with Crippen LogP contribution in [0.5, 0.6) is 0 Å². The number of hydrogen-bond acceptors (Lipinski definition) is 2. The Morgan fingerprint density at radius 1 is 1.36 bits per heavy atom. The zero-order valence-corrected chi connectivity index (χ0v) is 9.85. The summed E-state index contributed by atoms with van der Waals surface area (Å²) in [4.78, 5) is 0. The van der Waals surface area contributed by atoms with Crippen molar-refractivity contribution < 1.29 is 4.42 Å². The van der Waals surface area contributed by atoms with E-state index in [1.165, 1.54) is 25.7 Å². The van der Waals surface area contributed by atoms with E-state index in [4.69, 9.17) is 4.42 Å². The van der Waals surface area contributed by atoms with E-state index in [1.807, 2.05) is 12.1 Å². The largest absolute Gasteiger partial charge is 0.453 e. The van der Waals surface area contributed by atoms with E-state index in [1.54, 1.807) is 0 Å². The van der Waals surface area contributed by atoms with E-state index < -0.39 is 0 Å². The first-order valence-corrected chi connectivity index (χ1v) is 6.09. The molecule has 0 radical (unpaired) electrons. The molecule has 0 aliphatic heterocycles. The first kappa shape index (κ1) is 10.2. The van der Waals surface area contributed by atoms with Gasteiger partial charge in [0.05, 0.1) is 6.54 Å². The van der Waals surface area contributed by atoms with Crippen LogP contribution in [0.15, 0.2) is 21.2 Å². The molecule has 2 rings (SSSR count). The van der Waals surface area contributed by atoms with E-state index >= 15 is 0 Å². The molecule has 14 heavy (non-hydrogen) atoms. The summed E-state index contributed by atoms with van der Waals surface area (Å²) in [6.45, 7) is 1.99. The van der Waals surface area contributed by atoms with Crippen LogP contribution in [0.1, 0.15) is 31.4 Å². The summed E-state index contributed by atoms with van der Waals surface area (Å²) < 4.78 is 6.22. The number of halogens is 1. The second-order valence-electron chi connectivity index (χ2n) is 3.99. The number of hydrogen-bond donors (Lipinski definition) is 1. The number of furan rings is 1. The zero-order valence-electron chi connectivity index (χ0n) is 8.26. The Kier molecular flexibility index (Phi) is 3.65. The van der Waals surface area contributed by atoms with Crippen molar-refractivity contribution in [3.05, 3.63) is 22.6 Å². The maximum Gasteiger partial charge on any atom is 0.169 e. The molecule has 1 aliphatic rings. The standard InChI is InChI=1S/C11H16BrNO/c12-11-6-5-10(14-11)8-13-7-9-3-1-2-4-9/h5-6,9,13H,1-4,7-8H2. The molecule has 0 unspecified atom stereocenters. The third-order valence-corrected chi connectivity index (χ3v) is 3.26. The first-order chi connectivity index (χ1) is 6.84. The summed E-state index contributed by atoms with van der Waals surface area (Å²) in [6, 6.07) is 3.94. The molecule has 1 saturated carbocycles. The lowest BCUT2D eigenvalue weighted by Crippen LogP contribution is -2.20. The average molecular weight is 258 g/mol. The van der Waals surface area contributed by atoms with Gasteiger partial charge in [-0.25, -0.2) is 0 Å². The topological polar surface area (TPSA) is 25.2 Å². The minimum absolute atomic E-state index is 0.815. The fraction of sp³-hybridized carbons (Fsp3) is 0.636. The van der Waals surface area contributed by atoms with Gasteiger partial charge in [-0.3, -0.25) is 0 Å². The Balaban J connectivity index is 1.67. The zero-order chi connectivity index (χ0) is 9.80. The smallest absolute Gasteiger partial charge is 0.169 e. The third-order valence-electron chi connectivity index (χ3n) is 2.84. The number of nitrogens with one attached hydrogen (secondary N) is 1. The number of rotatable bonds is 4. The minimum atomic E-state index is 0.815. The summed E-state index contributed by atoms with van der Waals surface area (Å²) in [7, 11) is 0. The van der Waals surface area contributed by atoms with Crippen molar-refractivity contribution in [3.63, 3.8) is 0 Å². The van der Waals surface area contributed by atoms with Gasteiger partial charge in [-0.15, -0.1) is 0 Å². The molecule has 0 spiro atoms. The Labute approximate surface area is 93.2 Å². The van der Waals surface area contributed by atoms with Gasteiger partial charge < -0.3 is 9.73 Å². The monoisotopic (exact) mass is 257 g/mol. The highest BCUT2D eigenvalue weighted by Gasteiger charge is 2.14. The van der Waals surface area contributed by atoms with Crippen molar-refractivity contribution in [2.75, 3.05) is 6.54 Å². The van der Waals surface area contributed by atoms with Gasteiger partial charge in [0.15, 0.2) is 4.67 Å². The molecular formula is C11H16BrNO. The van der Waals surface area contributed by atoms with Crippen LogP contribution in [-0.4, -0.2) is 6.54 Å². The van der Waals surface area contributed by atoms with Crippen molar-refractivity contribution in [3.8, 4) is 0 Å². The molecule has 1 fully saturated rings. The fourth-order valence-electron chi connectivity index (χ4n) is 2.06. The van der Waals surface area contributed by atoms with Crippen LogP contribution < -0.4 is 5.32 Å². The maximum atomic E-state index is 5.40. The highest BCUT2D eigenvalue weighted by Crippen LogP contribution is 2.23. The van der Waals surface area contributed by atoms with E-state index in [0.29, 0.717) is 0 Å². The van der Waals surface area contributed by atoms with Crippen LogP contribution in [0.2, 0.25) is 0 Å². The molecule has 0 saturated heterocycles. The Bertz CT molecular complexity index is 279. The molecule has 1 aromatic heterocycles. The van der Waals surface area contributed by atoms with Crippen LogP contribution in [0.3, 0.4) is 0 Å². The SMILES string of the molecule is Brc1ccc(CNCC2CCCC2)o1. The molecule has 78 valence electrons. The lowest BCUT2D eigenvalue weighted by molar-refractivity contribution is 0.435. The van der Waals surface area contributed by atoms with Gasteiger partial charge in [0, 0.05) is 0 Å². The van der Waals surface area contributed by atoms with Gasteiger partial charge in [-0.05, 0) is 53.4 Å². The summed E-state index contributed by atoms with van der Waals surface area (Å²) in [5, 5.41) is 3.44. The average Bonchev–Trinajstić information content (AvgIpc) is 2.77. The van der Waals surface area contributed by atoms with Crippen molar-refractivity contribution >= 4 is 15.9 Å². The molecule has 2 nitrogen and oxygen atoms in total. The Morgan fingerprint density at radius 3 is 2.79 bits per heavy atom. The molecule has 1 N–H and O–H groups in total. The summed E-state index contributed by atoms with van der Waals surface area (Å²) in [5.41, 5.74) is 0. The van der Waals surface area contributed by atoms with Crippen LogP contribution >= 0.6 is 15.9 Å². The van der Waals surface area contributed by atoms with Crippen molar-refractivity contribution in [2.24, 2.45) is 5.92 Å². The van der Waals surface area contributed by atoms with Crippen LogP contribution in [0, 0.1) is 5.92 Å². The van der Waals surface area contributed by atoms with Crippen LogP contribution in [0.25, 0.3) is 0 Å². The molecule has 0 amide bonds. The Hall–Kier alpha value is -0.280. The third kappa shape index (κ3) is 2.85. The summed E-state index contributed by atoms with van der Waals surface area (Å²) in [5.74, 6) is 1.91. The van der Waals surface area contributed by atoms with E-state index in [9.17, 15) is 0 Å². The molecule has 1 aromatic rings. The summed E-state index contributed by atoms with van der Waals surface area (Å²) in [6.07, 6.45) is 5.63. The van der Waals surface area contributed by atoms with Gasteiger partial charge in [0.1, 0.15) is 5.76 Å². The lowest BCUT2D eigenvalue weighted by atomic mass is 10.1. The van der Waals surface area contributed by atoms with Gasteiger partial charge in [0.2, 0.25) is 0 Å². The predicted molar refractivity (Wildman–Crippen MR) is 60.1 cm³/mol. The van der Waals surface area contributed by atoms with E-state index in [2.05, 4.69) is 21.2 Å². The normalized spacial score (nSPS) is 17.8. The maximum absolute atomic E-state index is 5.40. The molecule has 0 aromatic carbocycles. The Morgan fingerprint density at radius 2 is 2.14 bits per heavy atom. The predicted octanol–water partition coefficient (Wildman–Crippen LogP) is 3.32. The van der Waals surface area contributed by atoms with Crippen molar-refractivity contribution in [2.45, 2.75) is 32.2 Å². The van der Waals surface area contributed by atoms with Crippen molar-refractivity contribution in [1.29, 1.82) is 0 Å². The second kappa shape index (κ2) is 4.99.